The van der Waals surface area contributed by atoms with Gasteiger partial charge in [-0.25, -0.2) is 4.98 Å². The molecular weight excluding hydrogens is 256 g/mol. The lowest BCUT2D eigenvalue weighted by molar-refractivity contribution is 0.112. The number of nitrogens with zero attached hydrogens (tertiary/aromatic N) is 2. The van der Waals surface area contributed by atoms with Crippen LogP contribution >= 0.6 is 11.3 Å². The van der Waals surface area contributed by atoms with E-state index in [0.29, 0.717) is 0 Å². The number of anilines is 1. The van der Waals surface area contributed by atoms with Gasteiger partial charge in [-0.3, -0.25) is 4.79 Å². The number of aromatic nitrogens is 1. The Balaban J connectivity index is 2.22. The molecule has 0 unspecified atom stereocenters. The van der Waals surface area contributed by atoms with Crippen LogP contribution in [0.4, 0.5) is 5.13 Å². The minimum atomic E-state index is 0.754. The summed E-state index contributed by atoms with van der Waals surface area (Å²) in [5, 5.41) is 0.935. The molecule has 0 bridgehead atoms. The Labute approximate surface area is 117 Å². The second kappa shape index (κ2) is 6.48. The number of aryl methyl sites for hydroxylation is 1. The van der Waals surface area contributed by atoms with Crippen LogP contribution in [0.3, 0.4) is 0 Å². The summed E-state index contributed by atoms with van der Waals surface area (Å²) in [6.07, 6.45) is 1.71. The molecule has 0 spiro atoms. The van der Waals surface area contributed by atoms with Crippen molar-refractivity contribution in [3.8, 4) is 0 Å². The quantitative estimate of drug-likeness (QED) is 0.755. The van der Waals surface area contributed by atoms with Crippen molar-refractivity contribution in [2.24, 2.45) is 0 Å². The van der Waals surface area contributed by atoms with Crippen LogP contribution in [0, 0.1) is 0 Å². The summed E-state index contributed by atoms with van der Waals surface area (Å²) < 4.78 is 0. The van der Waals surface area contributed by atoms with Crippen molar-refractivity contribution >= 4 is 22.8 Å². The van der Waals surface area contributed by atoms with E-state index in [-0.39, 0.29) is 0 Å². The van der Waals surface area contributed by atoms with Gasteiger partial charge < -0.3 is 4.90 Å². The normalized spacial score (nSPS) is 10.4. The maximum Gasteiger partial charge on any atom is 0.186 e. The number of carbonyl (C=O) groups excluding carboxylic acids is 1. The molecule has 0 atom stereocenters. The Bertz CT molecular complexity index is 536. The van der Waals surface area contributed by atoms with E-state index in [1.807, 2.05) is 25.1 Å². The molecule has 2 rings (SSSR count). The fourth-order valence-electron chi connectivity index (χ4n) is 1.95. The van der Waals surface area contributed by atoms with E-state index in [0.717, 1.165) is 41.5 Å². The molecule has 1 heterocycles. The number of thiazole rings is 1. The van der Waals surface area contributed by atoms with Gasteiger partial charge in [-0.05, 0) is 18.9 Å². The number of hydrogen-bond donors (Lipinski definition) is 0. The molecule has 0 amide bonds. The number of benzene rings is 1. The van der Waals surface area contributed by atoms with Gasteiger partial charge in [-0.2, -0.15) is 0 Å². The molecule has 0 saturated heterocycles. The highest BCUT2D eigenvalue weighted by molar-refractivity contribution is 7.17. The molecule has 0 radical (unpaired) electrons. The van der Waals surface area contributed by atoms with Gasteiger partial charge in [0.1, 0.15) is 0 Å². The first-order valence-electron chi connectivity index (χ1n) is 6.52. The standard InChI is InChI=1S/C15H18N2OS/c1-3-13-14(11-18)19-15(16-13)17(4-2)10-12-8-6-5-7-9-12/h5-9,11H,3-4,10H2,1-2H3. The topological polar surface area (TPSA) is 33.2 Å². The Morgan fingerprint density at radius 2 is 2.00 bits per heavy atom. The fourth-order valence-corrected chi connectivity index (χ4v) is 2.98. The highest BCUT2D eigenvalue weighted by Gasteiger charge is 2.14. The first kappa shape index (κ1) is 13.7. The third kappa shape index (κ3) is 3.20. The van der Waals surface area contributed by atoms with Gasteiger partial charge in [0.2, 0.25) is 0 Å². The Kier molecular flexibility index (Phi) is 4.68. The van der Waals surface area contributed by atoms with Crippen LogP contribution in [0.2, 0.25) is 0 Å². The summed E-state index contributed by atoms with van der Waals surface area (Å²) in [6, 6.07) is 10.3. The van der Waals surface area contributed by atoms with E-state index < -0.39 is 0 Å². The number of carbonyl (C=O) groups is 1. The van der Waals surface area contributed by atoms with Gasteiger partial charge in [0, 0.05) is 13.1 Å². The first-order chi connectivity index (χ1) is 9.28. The van der Waals surface area contributed by atoms with Crippen LogP contribution in [0.1, 0.15) is 34.8 Å². The molecule has 3 nitrogen and oxygen atoms in total. The maximum atomic E-state index is 11.0. The summed E-state index contributed by atoms with van der Waals surface area (Å²) in [7, 11) is 0. The molecular formula is C15H18N2OS. The third-order valence-electron chi connectivity index (χ3n) is 3.03. The molecule has 0 aliphatic carbocycles. The average Bonchev–Trinajstić information content (AvgIpc) is 2.89. The van der Waals surface area contributed by atoms with Gasteiger partial charge in [0.05, 0.1) is 10.6 Å². The van der Waals surface area contributed by atoms with E-state index in [9.17, 15) is 4.79 Å². The minimum absolute atomic E-state index is 0.754. The van der Waals surface area contributed by atoms with E-state index in [4.69, 9.17) is 0 Å². The highest BCUT2D eigenvalue weighted by Crippen LogP contribution is 2.26. The van der Waals surface area contributed by atoms with Gasteiger partial charge in [0.15, 0.2) is 11.4 Å². The van der Waals surface area contributed by atoms with Crippen molar-refractivity contribution in [3.63, 3.8) is 0 Å². The zero-order valence-electron chi connectivity index (χ0n) is 11.3. The molecule has 0 aliphatic heterocycles. The zero-order valence-corrected chi connectivity index (χ0v) is 12.1. The van der Waals surface area contributed by atoms with Crippen LogP contribution in [0.15, 0.2) is 30.3 Å². The zero-order chi connectivity index (χ0) is 13.7. The van der Waals surface area contributed by atoms with Gasteiger partial charge >= 0.3 is 0 Å². The molecule has 2 aromatic rings. The summed E-state index contributed by atoms with van der Waals surface area (Å²) in [5.41, 5.74) is 2.16. The molecule has 0 N–H and O–H groups in total. The number of hydrogen-bond acceptors (Lipinski definition) is 4. The molecule has 4 heteroatoms. The smallest absolute Gasteiger partial charge is 0.186 e. The third-order valence-corrected chi connectivity index (χ3v) is 4.11. The molecule has 1 aromatic heterocycles. The van der Waals surface area contributed by atoms with Crippen molar-refractivity contribution in [2.75, 3.05) is 11.4 Å². The second-order valence-corrected chi connectivity index (χ2v) is 5.29. The van der Waals surface area contributed by atoms with Gasteiger partial charge in [0.25, 0.3) is 0 Å². The number of aldehydes is 1. The Morgan fingerprint density at radius 3 is 2.53 bits per heavy atom. The molecule has 0 saturated carbocycles. The van der Waals surface area contributed by atoms with E-state index >= 15 is 0 Å². The first-order valence-corrected chi connectivity index (χ1v) is 7.33. The fraction of sp³-hybridized carbons (Fsp3) is 0.333. The lowest BCUT2D eigenvalue weighted by atomic mass is 10.2. The predicted molar refractivity (Wildman–Crippen MR) is 80.0 cm³/mol. The summed E-state index contributed by atoms with van der Waals surface area (Å²) >= 11 is 1.48. The number of rotatable bonds is 6. The van der Waals surface area contributed by atoms with Gasteiger partial charge in [-0.15, -0.1) is 0 Å². The Hall–Kier alpha value is -1.68. The molecule has 19 heavy (non-hydrogen) atoms. The van der Waals surface area contributed by atoms with Crippen molar-refractivity contribution < 1.29 is 4.79 Å². The largest absolute Gasteiger partial charge is 0.344 e. The predicted octanol–water partition coefficient (Wildman–Crippen LogP) is 3.54. The second-order valence-electron chi connectivity index (χ2n) is 4.28. The maximum absolute atomic E-state index is 11.0. The van der Waals surface area contributed by atoms with Crippen LogP contribution in [-0.2, 0) is 13.0 Å². The lowest BCUT2D eigenvalue weighted by Crippen LogP contribution is -2.21. The van der Waals surface area contributed by atoms with Crippen molar-refractivity contribution in [1.29, 1.82) is 0 Å². The van der Waals surface area contributed by atoms with Crippen LogP contribution in [-0.4, -0.2) is 17.8 Å². The molecule has 100 valence electrons. The van der Waals surface area contributed by atoms with E-state index in [2.05, 4.69) is 28.9 Å². The molecule has 0 fully saturated rings. The molecule has 1 aromatic carbocycles. The average molecular weight is 274 g/mol. The summed E-state index contributed by atoms with van der Waals surface area (Å²) in [6.45, 7) is 5.84. The van der Waals surface area contributed by atoms with E-state index in [1.54, 1.807) is 0 Å². The van der Waals surface area contributed by atoms with Crippen molar-refractivity contribution in [1.82, 2.24) is 4.98 Å². The monoisotopic (exact) mass is 274 g/mol. The minimum Gasteiger partial charge on any atom is -0.344 e. The Morgan fingerprint density at radius 1 is 1.26 bits per heavy atom. The van der Waals surface area contributed by atoms with E-state index in [1.165, 1.54) is 16.9 Å². The summed E-state index contributed by atoms with van der Waals surface area (Å²) in [4.78, 5) is 18.6. The highest BCUT2D eigenvalue weighted by atomic mass is 32.1. The summed E-state index contributed by atoms with van der Waals surface area (Å²) in [5.74, 6) is 0. The van der Waals surface area contributed by atoms with Crippen LogP contribution in [0.25, 0.3) is 0 Å². The van der Waals surface area contributed by atoms with Gasteiger partial charge in [-0.1, -0.05) is 48.6 Å². The van der Waals surface area contributed by atoms with Crippen molar-refractivity contribution in [3.05, 3.63) is 46.5 Å². The van der Waals surface area contributed by atoms with Crippen LogP contribution in [0.5, 0.6) is 0 Å². The lowest BCUT2D eigenvalue weighted by Gasteiger charge is -2.19. The SMILES string of the molecule is CCc1nc(N(CC)Cc2ccccc2)sc1C=O. The van der Waals surface area contributed by atoms with Crippen LogP contribution < -0.4 is 4.90 Å². The van der Waals surface area contributed by atoms with Crippen molar-refractivity contribution in [2.45, 2.75) is 26.8 Å². The molecule has 0 aliphatic rings.